The van der Waals surface area contributed by atoms with Gasteiger partial charge in [0.05, 0.1) is 0 Å². The highest BCUT2D eigenvalue weighted by molar-refractivity contribution is 7.20. The molecule has 0 saturated heterocycles. The van der Waals surface area contributed by atoms with Gasteiger partial charge in [0.2, 0.25) is 0 Å². The summed E-state index contributed by atoms with van der Waals surface area (Å²) in [4.78, 5) is 31.7. The van der Waals surface area contributed by atoms with Crippen LogP contribution in [0.15, 0.2) is 84.9 Å². The number of hydrogen-bond donors (Lipinski definition) is 0. The van der Waals surface area contributed by atoms with Crippen LogP contribution in [0, 0.1) is 13.8 Å². The summed E-state index contributed by atoms with van der Waals surface area (Å²) in [7, 11) is 0. The molecule has 38 heavy (non-hydrogen) atoms. The van der Waals surface area contributed by atoms with E-state index in [9.17, 15) is 9.59 Å². The molecule has 0 aliphatic heterocycles. The van der Waals surface area contributed by atoms with Crippen molar-refractivity contribution in [2.75, 3.05) is 0 Å². The summed E-state index contributed by atoms with van der Waals surface area (Å²) in [6.07, 6.45) is 0. The van der Waals surface area contributed by atoms with E-state index >= 15 is 0 Å². The Kier molecular flexibility index (Phi) is 4.44. The Balaban J connectivity index is 1.36. The Morgan fingerprint density at radius 1 is 0.447 bits per heavy atom. The molecule has 0 atom stereocenters. The molecule has 4 heteroatoms. The summed E-state index contributed by atoms with van der Waals surface area (Å²) in [6, 6.07) is 28.9. The number of rotatable bonds is 2. The van der Waals surface area contributed by atoms with E-state index in [4.69, 9.17) is 0 Å². The van der Waals surface area contributed by atoms with Crippen molar-refractivity contribution in [1.29, 1.82) is 0 Å². The SMILES string of the molecule is Cc1ccc(-c2cc3c(s2)-c2ccc4c5c(ccc(c25)C3=O)-c2sc(-c3ccc(C)cc3)cc2C4=O)cc1. The molecule has 0 unspecified atom stereocenters. The number of thiophene rings is 2. The highest BCUT2D eigenvalue weighted by atomic mass is 32.1. The maximum atomic E-state index is 13.8. The van der Waals surface area contributed by atoms with Gasteiger partial charge >= 0.3 is 0 Å². The van der Waals surface area contributed by atoms with E-state index in [0.717, 1.165) is 63.7 Å². The Morgan fingerprint density at radius 2 is 0.816 bits per heavy atom. The van der Waals surface area contributed by atoms with Gasteiger partial charge in [-0.1, -0.05) is 71.8 Å². The minimum Gasteiger partial charge on any atom is -0.289 e. The summed E-state index contributed by atoms with van der Waals surface area (Å²) in [5.74, 6) is 0.0752. The third-order valence-corrected chi connectivity index (χ3v) is 10.2. The summed E-state index contributed by atoms with van der Waals surface area (Å²) in [6.45, 7) is 4.15. The number of hydrogen-bond acceptors (Lipinski definition) is 4. The molecule has 2 nitrogen and oxygen atoms in total. The number of carbonyl (C=O) groups is 2. The van der Waals surface area contributed by atoms with Crippen LogP contribution < -0.4 is 0 Å². The van der Waals surface area contributed by atoms with E-state index in [2.05, 4.69) is 62.4 Å². The van der Waals surface area contributed by atoms with Gasteiger partial charge in [0.1, 0.15) is 0 Å². The first-order valence-electron chi connectivity index (χ1n) is 12.6. The van der Waals surface area contributed by atoms with Gasteiger partial charge in [-0.25, -0.2) is 0 Å². The van der Waals surface area contributed by atoms with Crippen LogP contribution in [0.25, 0.3) is 52.5 Å². The minimum atomic E-state index is 0.0376. The van der Waals surface area contributed by atoms with E-state index in [1.165, 1.54) is 11.1 Å². The van der Waals surface area contributed by atoms with Crippen molar-refractivity contribution in [1.82, 2.24) is 0 Å². The van der Waals surface area contributed by atoms with Crippen molar-refractivity contribution >= 4 is 45.0 Å². The van der Waals surface area contributed by atoms with Crippen LogP contribution in [-0.2, 0) is 0 Å². The topological polar surface area (TPSA) is 34.1 Å². The molecule has 2 heterocycles. The maximum Gasteiger partial charge on any atom is 0.195 e. The normalized spacial score (nSPS) is 13.1. The van der Waals surface area contributed by atoms with Crippen LogP contribution >= 0.6 is 22.7 Å². The third-order valence-electron chi connectivity index (χ3n) is 7.76. The summed E-state index contributed by atoms with van der Waals surface area (Å²) in [5.41, 5.74) is 9.62. The molecular formula is C34H20O2S2. The van der Waals surface area contributed by atoms with Crippen LogP contribution in [0.2, 0.25) is 0 Å². The molecule has 0 N–H and O–H groups in total. The highest BCUT2D eigenvalue weighted by Gasteiger charge is 2.34. The number of fused-ring (bicyclic) bond motifs is 4. The van der Waals surface area contributed by atoms with Gasteiger partial charge in [-0.3, -0.25) is 9.59 Å². The second-order valence-electron chi connectivity index (χ2n) is 10.2. The Hall–Kier alpha value is -4.12. The summed E-state index contributed by atoms with van der Waals surface area (Å²) in [5, 5.41) is 1.83. The van der Waals surface area contributed by atoms with Crippen molar-refractivity contribution in [3.05, 3.63) is 118 Å². The molecule has 6 aromatic rings. The number of carbonyl (C=O) groups excluding carboxylic acids is 2. The van der Waals surface area contributed by atoms with Gasteiger partial charge in [0.15, 0.2) is 11.6 Å². The van der Waals surface area contributed by atoms with E-state index in [1.54, 1.807) is 22.7 Å². The van der Waals surface area contributed by atoms with E-state index < -0.39 is 0 Å². The fourth-order valence-electron chi connectivity index (χ4n) is 5.78. The van der Waals surface area contributed by atoms with Crippen LogP contribution in [-0.4, -0.2) is 11.6 Å². The smallest absolute Gasteiger partial charge is 0.195 e. The van der Waals surface area contributed by atoms with Crippen molar-refractivity contribution in [3.8, 4) is 41.8 Å². The first kappa shape index (κ1) is 21.9. The summed E-state index contributed by atoms with van der Waals surface area (Å²) < 4.78 is 0. The van der Waals surface area contributed by atoms with Gasteiger partial charge in [0.25, 0.3) is 0 Å². The predicted molar refractivity (Wildman–Crippen MR) is 158 cm³/mol. The molecule has 0 bridgehead atoms. The zero-order chi connectivity index (χ0) is 25.7. The third kappa shape index (κ3) is 2.93. The molecule has 0 saturated carbocycles. The van der Waals surface area contributed by atoms with Crippen molar-refractivity contribution in [2.24, 2.45) is 0 Å². The Bertz CT molecular complexity index is 1850. The molecule has 8 rings (SSSR count). The van der Waals surface area contributed by atoms with Gasteiger partial charge in [-0.2, -0.15) is 0 Å². The number of ketones is 2. The second kappa shape index (κ2) is 7.70. The molecular weight excluding hydrogens is 505 g/mol. The van der Waals surface area contributed by atoms with Crippen molar-refractivity contribution in [3.63, 3.8) is 0 Å². The van der Waals surface area contributed by atoms with Gasteiger partial charge < -0.3 is 0 Å². The average molecular weight is 525 g/mol. The van der Waals surface area contributed by atoms with E-state index in [-0.39, 0.29) is 11.6 Å². The van der Waals surface area contributed by atoms with Crippen LogP contribution in [0.5, 0.6) is 0 Å². The quantitative estimate of drug-likeness (QED) is 0.226. The zero-order valence-electron chi connectivity index (χ0n) is 20.7. The van der Waals surface area contributed by atoms with Gasteiger partial charge in [0, 0.05) is 63.7 Å². The first-order valence-corrected chi connectivity index (χ1v) is 14.2. The highest BCUT2D eigenvalue weighted by Crippen LogP contribution is 2.52. The molecule has 0 spiro atoms. The Labute approximate surface area is 227 Å². The monoisotopic (exact) mass is 524 g/mol. The maximum absolute atomic E-state index is 13.8. The van der Waals surface area contributed by atoms with Gasteiger partial charge in [-0.05, 0) is 49.2 Å². The van der Waals surface area contributed by atoms with Crippen molar-refractivity contribution < 1.29 is 9.59 Å². The zero-order valence-corrected chi connectivity index (χ0v) is 22.3. The molecule has 0 amide bonds. The van der Waals surface area contributed by atoms with Crippen LogP contribution in [0.4, 0.5) is 0 Å². The lowest BCUT2D eigenvalue weighted by Crippen LogP contribution is -2.13. The molecule has 2 aromatic heterocycles. The van der Waals surface area contributed by atoms with Crippen LogP contribution in [0.1, 0.15) is 43.0 Å². The van der Waals surface area contributed by atoms with E-state index in [1.807, 2.05) is 36.4 Å². The predicted octanol–water partition coefficient (Wildman–Crippen LogP) is 9.34. The molecule has 0 radical (unpaired) electrons. The van der Waals surface area contributed by atoms with Crippen LogP contribution in [0.3, 0.4) is 0 Å². The lowest BCUT2D eigenvalue weighted by Gasteiger charge is -2.23. The fourth-order valence-corrected chi connectivity index (χ4v) is 8.17. The first-order chi connectivity index (χ1) is 18.5. The standard InChI is InChI=1S/C34H20O2S2/c1-17-3-7-19(8-4-17)27-15-25-31(35)21-12-14-24-30-22(11-13-23(29(21)30)33(25)37-27)32(36)26-16-28(38-34(24)26)20-9-5-18(2)6-10-20/h3-16H,1-2H3. The van der Waals surface area contributed by atoms with E-state index in [0.29, 0.717) is 11.1 Å². The largest absolute Gasteiger partial charge is 0.289 e. The molecule has 0 fully saturated rings. The fraction of sp³-hybridized carbons (Fsp3) is 0.0588. The molecule has 2 aliphatic carbocycles. The molecule has 180 valence electrons. The van der Waals surface area contributed by atoms with Gasteiger partial charge in [-0.15, -0.1) is 22.7 Å². The lowest BCUT2D eigenvalue weighted by atomic mass is 9.79. The average Bonchev–Trinajstić information content (AvgIpc) is 3.58. The minimum absolute atomic E-state index is 0.0376. The molecule has 2 aliphatic rings. The van der Waals surface area contributed by atoms with Crippen molar-refractivity contribution in [2.45, 2.75) is 13.8 Å². The molecule has 4 aromatic carbocycles. The second-order valence-corrected chi connectivity index (χ2v) is 12.3. The number of benzene rings is 4. The summed E-state index contributed by atoms with van der Waals surface area (Å²) >= 11 is 3.32. The number of aryl methyl sites for hydroxylation is 2. The lowest BCUT2D eigenvalue weighted by molar-refractivity contribution is 0.103. The Morgan fingerprint density at radius 3 is 1.21 bits per heavy atom.